The van der Waals surface area contributed by atoms with E-state index in [0.717, 1.165) is 24.4 Å². The fraction of sp³-hybridized carbons (Fsp3) is 0.500. The summed E-state index contributed by atoms with van der Waals surface area (Å²) in [5, 5.41) is 11.2. The third-order valence-corrected chi connectivity index (χ3v) is 3.59. The number of nitrogens with zero attached hydrogens (tertiary/aromatic N) is 3. The molecule has 1 aromatic heterocycles. The molecule has 0 bridgehead atoms. The van der Waals surface area contributed by atoms with Crippen LogP contribution in [0.25, 0.3) is 0 Å². The molecule has 0 spiro atoms. The van der Waals surface area contributed by atoms with Gasteiger partial charge in [-0.2, -0.15) is 0 Å². The summed E-state index contributed by atoms with van der Waals surface area (Å²) in [5.41, 5.74) is 2.30. The molecule has 5 nitrogen and oxygen atoms in total. The van der Waals surface area contributed by atoms with Gasteiger partial charge in [-0.1, -0.05) is 31.2 Å². The largest absolute Gasteiger partial charge is 0.492 e. The standard InChI is InChI=1S/C16H24N4O/c1-4-13(2)14-5-7-16(8-6-14)21-10-9-20-12-15(11-17-3)18-19-20/h5-8,12-13,17H,4,9-11H2,1-3H3. The highest BCUT2D eigenvalue weighted by atomic mass is 16.5. The summed E-state index contributed by atoms with van der Waals surface area (Å²) in [5.74, 6) is 1.50. The lowest BCUT2D eigenvalue weighted by molar-refractivity contribution is 0.289. The third kappa shape index (κ3) is 4.56. The molecule has 114 valence electrons. The topological polar surface area (TPSA) is 52.0 Å². The molecule has 0 saturated carbocycles. The predicted octanol–water partition coefficient (Wildman–Crippen LogP) is 2.59. The molecular formula is C16H24N4O. The monoisotopic (exact) mass is 288 g/mol. The number of nitrogens with one attached hydrogen (secondary N) is 1. The molecule has 1 N–H and O–H groups in total. The highest BCUT2D eigenvalue weighted by Crippen LogP contribution is 2.21. The normalized spacial score (nSPS) is 12.3. The van der Waals surface area contributed by atoms with Gasteiger partial charge in [0, 0.05) is 12.7 Å². The van der Waals surface area contributed by atoms with Crippen molar-refractivity contribution in [2.45, 2.75) is 39.3 Å². The number of rotatable bonds is 8. The number of aromatic nitrogens is 3. The minimum atomic E-state index is 0.588. The first-order valence-electron chi connectivity index (χ1n) is 7.49. The Kier molecular flexibility index (Phi) is 5.75. The quantitative estimate of drug-likeness (QED) is 0.811. The first kappa shape index (κ1) is 15.5. The Labute approximate surface area is 126 Å². The molecular weight excluding hydrogens is 264 g/mol. The second kappa shape index (κ2) is 7.78. The Morgan fingerprint density at radius 1 is 1.29 bits per heavy atom. The summed E-state index contributed by atoms with van der Waals surface area (Å²) in [6, 6.07) is 8.36. The zero-order valence-electron chi connectivity index (χ0n) is 13.0. The predicted molar refractivity (Wildman–Crippen MR) is 83.4 cm³/mol. The molecule has 0 aliphatic carbocycles. The van der Waals surface area contributed by atoms with Crippen LogP contribution in [-0.2, 0) is 13.1 Å². The van der Waals surface area contributed by atoms with Gasteiger partial charge < -0.3 is 10.1 Å². The van der Waals surface area contributed by atoms with Gasteiger partial charge in [0.2, 0.25) is 0 Å². The van der Waals surface area contributed by atoms with Crippen LogP contribution >= 0.6 is 0 Å². The lowest BCUT2D eigenvalue weighted by atomic mass is 9.99. The smallest absolute Gasteiger partial charge is 0.119 e. The van der Waals surface area contributed by atoms with Crippen LogP contribution in [0.2, 0.25) is 0 Å². The third-order valence-electron chi connectivity index (χ3n) is 3.59. The van der Waals surface area contributed by atoms with Gasteiger partial charge in [0.05, 0.1) is 12.2 Å². The highest BCUT2D eigenvalue weighted by Gasteiger charge is 2.03. The van der Waals surface area contributed by atoms with Gasteiger partial charge in [0.15, 0.2) is 0 Å². The van der Waals surface area contributed by atoms with Crippen molar-refractivity contribution in [1.29, 1.82) is 0 Å². The van der Waals surface area contributed by atoms with E-state index >= 15 is 0 Å². The minimum absolute atomic E-state index is 0.588. The molecule has 1 atom stereocenters. The number of hydrogen-bond donors (Lipinski definition) is 1. The van der Waals surface area contributed by atoms with Gasteiger partial charge in [0.25, 0.3) is 0 Å². The van der Waals surface area contributed by atoms with Crippen LogP contribution < -0.4 is 10.1 Å². The summed E-state index contributed by atoms with van der Waals surface area (Å²) < 4.78 is 7.55. The molecule has 0 saturated heterocycles. The molecule has 0 radical (unpaired) electrons. The Morgan fingerprint density at radius 2 is 2.05 bits per heavy atom. The van der Waals surface area contributed by atoms with Crippen molar-refractivity contribution in [2.24, 2.45) is 0 Å². The van der Waals surface area contributed by atoms with Crippen molar-refractivity contribution in [3.63, 3.8) is 0 Å². The lowest BCUT2D eigenvalue weighted by Gasteiger charge is -2.10. The number of hydrogen-bond acceptors (Lipinski definition) is 4. The lowest BCUT2D eigenvalue weighted by Crippen LogP contribution is -2.09. The molecule has 1 aromatic carbocycles. The SMILES string of the molecule is CCC(C)c1ccc(OCCn2cc(CNC)nn2)cc1. The van der Waals surface area contributed by atoms with Crippen LogP contribution in [0.5, 0.6) is 5.75 Å². The van der Waals surface area contributed by atoms with Gasteiger partial charge in [-0.15, -0.1) is 5.10 Å². The Morgan fingerprint density at radius 3 is 2.71 bits per heavy atom. The van der Waals surface area contributed by atoms with Gasteiger partial charge in [-0.3, -0.25) is 0 Å². The van der Waals surface area contributed by atoms with E-state index in [1.165, 1.54) is 5.56 Å². The van der Waals surface area contributed by atoms with E-state index in [-0.39, 0.29) is 0 Å². The summed E-state index contributed by atoms with van der Waals surface area (Å²) in [6.45, 7) is 6.46. The van der Waals surface area contributed by atoms with Gasteiger partial charge in [-0.05, 0) is 37.1 Å². The van der Waals surface area contributed by atoms with E-state index in [0.29, 0.717) is 19.1 Å². The molecule has 0 fully saturated rings. The van der Waals surface area contributed by atoms with Gasteiger partial charge >= 0.3 is 0 Å². The van der Waals surface area contributed by atoms with Gasteiger partial charge in [-0.25, -0.2) is 4.68 Å². The molecule has 5 heteroatoms. The summed E-state index contributed by atoms with van der Waals surface area (Å²) in [4.78, 5) is 0. The Balaban J connectivity index is 1.79. The molecule has 2 aromatic rings. The molecule has 0 amide bonds. The summed E-state index contributed by atoms with van der Waals surface area (Å²) in [7, 11) is 1.89. The van der Waals surface area contributed by atoms with Crippen LogP contribution in [0.15, 0.2) is 30.5 Å². The minimum Gasteiger partial charge on any atom is -0.492 e. The van der Waals surface area contributed by atoms with Crippen LogP contribution in [0.4, 0.5) is 0 Å². The van der Waals surface area contributed by atoms with E-state index in [9.17, 15) is 0 Å². The second-order valence-corrected chi connectivity index (χ2v) is 5.23. The van der Waals surface area contributed by atoms with E-state index in [1.807, 2.05) is 25.4 Å². The molecule has 0 aliphatic rings. The van der Waals surface area contributed by atoms with Crippen LogP contribution in [0.1, 0.15) is 37.4 Å². The van der Waals surface area contributed by atoms with E-state index in [4.69, 9.17) is 4.74 Å². The van der Waals surface area contributed by atoms with Crippen LogP contribution in [0, 0.1) is 0 Å². The van der Waals surface area contributed by atoms with Crippen LogP contribution in [0.3, 0.4) is 0 Å². The second-order valence-electron chi connectivity index (χ2n) is 5.23. The molecule has 1 unspecified atom stereocenters. The van der Waals surface area contributed by atoms with E-state index in [1.54, 1.807) is 4.68 Å². The first-order valence-corrected chi connectivity index (χ1v) is 7.49. The number of benzene rings is 1. The van der Waals surface area contributed by atoms with E-state index < -0.39 is 0 Å². The maximum Gasteiger partial charge on any atom is 0.119 e. The van der Waals surface area contributed by atoms with E-state index in [2.05, 4.69) is 41.6 Å². The highest BCUT2D eigenvalue weighted by molar-refractivity contribution is 5.29. The first-order chi connectivity index (χ1) is 10.2. The average molecular weight is 288 g/mol. The van der Waals surface area contributed by atoms with Crippen molar-refractivity contribution in [3.8, 4) is 5.75 Å². The zero-order chi connectivity index (χ0) is 15.1. The maximum atomic E-state index is 5.74. The van der Waals surface area contributed by atoms with Crippen molar-refractivity contribution in [1.82, 2.24) is 20.3 Å². The summed E-state index contributed by atoms with van der Waals surface area (Å²) in [6.07, 6.45) is 3.09. The number of ether oxygens (including phenoxy) is 1. The molecule has 2 rings (SSSR count). The van der Waals surface area contributed by atoms with Crippen molar-refractivity contribution in [3.05, 3.63) is 41.7 Å². The average Bonchev–Trinajstić information content (AvgIpc) is 2.95. The molecule has 21 heavy (non-hydrogen) atoms. The van der Waals surface area contributed by atoms with Crippen molar-refractivity contribution < 1.29 is 4.74 Å². The van der Waals surface area contributed by atoms with Gasteiger partial charge in [0.1, 0.15) is 12.4 Å². The Hall–Kier alpha value is -1.88. The molecule has 0 aliphatic heterocycles. The Bertz CT molecular complexity index is 535. The van der Waals surface area contributed by atoms with Crippen LogP contribution in [-0.4, -0.2) is 28.6 Å². The fourth-order valence-electron chi connectivity index (χ4n) is 2.10. The zero-order valence-corrected chi connectivity index (χ0v) is 13.0. The van der Waals surface area contributed by atoms with Crippen molar-refractivity contribution >= 4 is 0 Å². The fourth-order valence-corrected chi connectivity index (χ4v) is 2.10. The maximum absolute atomic E-state index is 5.74. The summed E-state index contributed by atoms with van der Waals surface area (Å²) >= 11 is 0. The molecule has 1 heterocycles. The van der Waals surface area contributed by atoms with Crippen molar-refractivity contribution in [2.75, 3.05) is 13.7 Å².